The van der Waals surface area contributed by atoms with Crippen LogP contribution in [-0.2, 0) is 31.1 Å². The molecule has 0 atom stereocenters. The lowest BCUT2D eigenvalue weighted by Crippen LogP contribution is -2.46. The van der Waals surface area contributed by atoms with E-state index in [1.54, 1.807) is 0 Å². The summed E-state index contributed by atoms with van der Waals surface area (Å²) in [5.74, 6) is -0.764. The van der Waals surface area contributed by atoms with Gasteiger partial charge in [-0.05, 0) is 27.8 Å². The van der Waals surface area contributed by atoms with Crippen molar-refractivity contribution in [3.63, 3.8) is 0 Å². The van der Waals surface area contributed by atoms with Crippen LogP contribution in [0.1, 0.15) is 23.1 Å². The van der Waals surface area contributed by atoms with Crippen molar-refractivity contribution < 1.29 is 23.9 Å². The van der Waals surface area contributed by atoms with Gasteiger partial charge in [-0.25, -0.2) is 4.79 Å². The molecule has 1 aliphatic carbocycles. The first-order chi connectivity index (χ1) is 17.5. The van der Waals surface area contributed by atoms with Gasteiger partial charge in [0.05, 0.1) is 13.2 Å². The summed E-state index contributed by atoms with van der Waals surface area (Å²) in [4.78, 5) is 37.1. The molecule has 0 unspecified atom stereocenters. The van der Waals surface area contributed by atoms with E-state index in [4.69, 9.17) is 15.2 Å². The molecule has 0 saturated heterocycles. The number of rotatable bonds is 11. The van der Waals surface area contributed by atoms with Crippen molar-refractivity contribution >= 4 is 17.9 Å². The number of primary amides is 1. The Morgan fingerprint density at radius 2 is 1.36 bits per heavy atom. The number of carbonyl (C=O) groups excluding carboxylic acids is 3. The summed E-state index contributed by atoms with van der Waals surface area (Å²) >= 11 is 0. The molecule has 0 radical (unpaired) electrons. The van der Waals surface area contributed by atoms with E-state index in [0.717, 1.165) is 16.7 Å². The van der Waals surface area contributed by atoms with E-state index < -0.39 is 17.4 Å². The molecule has 4 rings (SSSR count). The molecule has 0 spiro atoms. The van der Waals surface area contributed by atoms with Crippen molar-refractivity contribution in [2.75, 3.05) is 26.3 Å². The number of fused-ring (bicyclic) bond motifs is 3. The highest BCUT2D eigenvalue weighted by Gasteiger charge is 2.49. The predicted molar refractivity (Wildman–Crippen MR) is 135 cm³/mol. The number of alkyl carbamates (subject to hydrolysis) is 1. The molecule has 4 N–H and O–H groups in total. The van der Waals surface area contributed by atoms with Crippen LogP contribution in [0.2, 0.25) is 0 Å². The van der Waals surface area contributed by atoms with Gasteiger partial charge < -0.3 is 25.8 Å². The second-order valence-electron chi connectivity index (χ2n) is 8.50. The van der Waals surface area contributed by atoms with Gasteiger partial charge in [0.25, 0.3) is 0 Å². The molecule has 36 heavy (non-hydrogen) atoms. The van der Waals surface area contributed by atoms with Gasteiger partial charge in [0, 0.05) is 19.5 Å². The van der Waals surface area contributed by atoms with Crippen molar-refractivity contribution in [1.82, 2.24) is 10.6 Å². The largest absolute Gasteiger partial charge is 0.448 e. The number of carbonyl (C=O) groups is 3. The monoisotopic (exact) mass is 487 g/mol. The Hall–Kier alpha value is -4.17. The zero-order valence-electron chi connectivity index (χ0n) is 19.9. The minimum absolute atomic E-state index is 0.173. The van der Waals surface area contributed by atoms with Crippen LogP contribution in [0.3, 0.4) is 0 Å². The SMILES string of the molecule is NC(=O)C1(COC(=O)NCCNC(=O)CCOCc2ccccc2)c2ccccc2-c2ccccc21. The van der Waals surface area contributed by atoms with Gasteiger partial charge in [-0.2, -0.15) is 0 Å². The molecule has 0 aromatic heterocycles. The van der Waals surface area contributed by atoms with E-state index in [9.17, 15) is 14.4 Å². The van der Waals surface area contributed by atoms with Crippen LogP contribution in [0.25, 0.3) is 11.1 Å². The number of nitrogens with two attached hydrogens (primary N) is 1. The van der Waals surface area contributed by atoms with Crippen LogP contribution in [0.4, 0.5) is 4.79 Å². The fourth-order valence-corrected chi connectivity index (χ4v) is 4.43. The lowest BCUT2D eigenvalue weighted by Gasteiger charge is -2.28. The van der Waals surface area contributed by atoms with Gasteiger partial charge >= 0.3 is 6.09 Å². The van der Waals surface area contributed by atoms with Crippen LogP contribution >= 0.6 is 0 Å². The Bertz CT molecular complexity index is 1180. The summed E-state index contributed by atoms with van der Waals surface area (Å²) in [5.41, 5.74) is 8.88. The molecule has 186 valence electrons. The third-order valence-electron chi connectivity index (χ3n) is 6.21. The van der Waals surface area contributed by atoms with Gasteiger partial charge in [0.15, 0.2) is 0 Å². The Morgan fingerprint density at radius 3 is 2.00 bits per heavy atom. The third-order valence-corrected chi connectivity index (χ3v) is 6.21. The molecule has 0 fully saturated rings. The molecule has 1 aliphatic rings. The quantitative estimate of drug-likeness (QED) is 0.359. The number of benzene rings is 3. The molecule has 3 amide bonds. The fraction of sp³-hybridized carbons (Fsp3) is 0.250. The molecule has 8 heteroatoms. The number of hydrogen-bond acceptors (Lipinski definition) is 5. The number of nitrogens with one attached hydrogen (secondary N) is 2. The van der Waals surface area contributed by atoms with Crippen LogP contribution < -0.4 is 16.4 Å². The molecular weight excluding hydrogens is 458 g/mol. The van der Waals surface area contributed by atoms with Crippen molar-refractivity contribution in [3.05, 3.63) is 95.6 Å². The summed E-state index contributed by atoms with van der Waals surface area (Å²) in [6, 6.07) is 24.7. The van der Waals surface area contributed by atoms with Gasteiger partial charge in [-0.1, -0.05) is 78.9 Å². The van der Waals surface area contributed by atoms with Crippen molar-refractivity contribution in [2.45, 2.75) is 18.4 Å². The molecule has 0 saturated carbocycles. The average molecular weight is 488 g/mol. The summed E-state index contributed by atoms with van der Waals surface area (Å²) in [7, 11) is 0. The zero-order valence-corrected chi connectivity index (χ0v) is 19.9. The first kappa shape index (κ1) is 24.9. The summed E-state index contributed by atoms with van der Waals surface area (Å²) < 4.78 is 11.0. The maximum absolute atomic E-state index is 12.7. The number of ether oxygens (including phenoxy) is 2. The lowest BCUT2D eigenvalue weighted by molar-refractivity contribution is -0.123. The molecule has 0 aliphatic heterocycles. The number of hydrogen-bond donors (Lipinski definition) is 3. The van der Waals surface area contributed by atoms with Crippen LogP contribution in [0, 0.1) is 0 Å². The first-order valence-corrected chi connectivity index (χ1v) is 11.8. The Labute approximate surface area is 209 Å². The second kappa shape index (κ2) is 11.5. The van der Waals surface area contributed by atoms with E-state index in [1.165, 1.54) is 0 Å². The average Bonchev–Trinajstić information content (AvgIpc) is 3.19. The standard InChI is InChI=1S/C28H29N3O5/c29-26(33)28(23-12-6-4-10-21(23)22-11-5-7-13-24(22)28)19-36-27(34)31-16-15-30-25(32)14-17-35-18-20-8-2-1-3-9-20/h1-13H,14-19H2,(H2,29,33)(H,30,32)(H,31,34). The van der Waals surface area contributed by atoms with Gasteiger partial charge in [0.2, 0.25) is 11.8 Å². The minimum atomic E-state index is -1.27. The van der Waals surface area contributed by atoms with Gasteiger partial charge in [-0.15, -0.1) is 0 Å². The molecular formula is C28H29N3O5. The van der Waals surface area contributed by atoms with Gasteiger partial charge in [0.1, 0.15) is 12.0 Å². The highest BCUT2D eigenvalue weighted by atomic mass is 16.5. The maximum Gasteiger partial charge on any atom is 0.407 e. The van der Waals surface area contributed by atoms with E-state index in [-0.39, 0.29) is 32.0 Å². The normalized spacial score (nSPS) is 12.8. The van der Waals surface area contributed by atoms with Crippen LogP contribution in [0.5, 0.6) is 0 Å². The molecule has 8 nitrogen and oxygen atoms in total. The van der Waals surface area contributed by atoms with Crippen LogP contribution in [0.15, 0.2) is 78.9 Å². The van der Waals surface area contributed by atoms with E-state index in [0.29, 0.717) is 24.3 Å². The predicted octanol–water partition coefficient (Wildman–Crippen LogP) is 2.89. The summed E-state index contributed by atoms with van der Waals surface area (Å²) in [5, 5.41) is 5.32. The molecule has 0 heterocycles. The topological polar surface area (TPSA) is 120 Å². The minimum Gasteiger partial charge on any atom is -0.448 e. The highest BCUT2D eigenvalue weighted by Crippen LogP contribution is 2.48. The zero-order chi connectivity index (χ0) is 25.4. The van der Waals surface area contributed by atoms with E-state index in [2.05, 4.69) is 10.6 Å². The number of amides is 3. The Morgan fingerprint density at radius 1 is 0.778 bits per heavy atom. The summed E-state index contributed by atoms with van der Waals surface area (Å²) in [6.45, 7) is 0.927. The Kier molecular flexibility index (Phi) is 7.97. The maximum atomic E-state index is 12.7. The lowest BCUT2D eigenvalue weighted by atomic mass is 9.78. The molecule has 3 aromatic carbocycles. The van der Waals surface area contributed by atoms with Crippen LogP contribution in [-0.4, -0.2) is 44.2 Å². The van der Waals surface area contributed by atoms with Crippen molar-refractivity contribution in [1.29, 1.82) is 0 Å². The molecule has 0 bridgehead atoms. The highest BCUT2D eigenvalue weighted by molar-refractivity contribution is 6.00. The third kappa shape index (κ3) is 5.39. The summed E-state index contributed by atoms with van der Waals surface area (Å²) in [6.07, 6.45) is -0.477. The van der Waals surface area contributed by atoms with Crippen molar-refractivity contribution in [3.8, 4) is 11.1 Å². The molecule has 3 aromatic rings. The van der Waals surface area contributed by atoms with E-state index >= 15 is 0 Å². The fourth-order valence-electron chi connectivity index (χ4n) is 4.43. The smallest absolute Gasteiger partial charge is 0.407 e. The Balaban J connectivity index is 1.22. The second-order valence-corrected chi connectivity index (χ2v) is 8.50. The van der Waals surface area contributed by atoms with E-state index in [1.807, 2.05) is 78.9 Å². The van der Waals surface area contributed by atoms with Gasteiger partial charge in [-0.3, -0.25) is 9.59 Å². The van der Waals surface area contributed by atoms with Crippen molar-refractivity contribution in [2.24, 2.45) is 5.73 Å². The first-order valence-electron chi connectivity index (χ1n) is 11.8.